The number of rotatable bonds is 4. The molecule has 0 spiro atoms. The molecule has 0 bridgehead atoms. The Bertz CT molecular complexity index is 470. The Kier molecular flexibility index (Phi) is 3.74. The molecule has 0 amide bonds. The Balaban J connectivity index is 3.37. The summed E-state index contributed by atoms with van der Waals surface area (Å²) in [7, 11) is 0. The van der Waals surface area contributed by atoms with E-state index in [0.717, 1.165) is 6.07 Å². The van der Waals surface area contributed by atoms with Crippen molar-refractivity contribution >= 4 is 11.4 Å². The first-order chi connectivity index (χ1) is 7.82. The summed E-state index contributed by atoms with van der Waals surface area (Å²) in [5.74, 6) is 0. The topological polar surface area (TPSA) is 107 Å². The lowest BCUT2D eigenvalue weighted by molar-refractivity contribution is -0.394. The number of nitro benzene ring substituents is 2. The second-order valence-electron chi connectivity index (χ2n) is 3.82. The lowest BCUT2D eigenvalue weighted by Gasteiger charge is -2.08. The van der Waals surface area contributed by atoms with Gasteiger partial charge in [-0.3, -0.25) is 20.2 Å². The summed E-state index contributed by atoms with van der Waals surface area (Å²) in [5, 5.41) is 30.7. The van der Waals surface area contributed by atoms with Crippen LogP contribution in [0.1, 0.15) is 18.1 Å². The predicted molar refractivity (Wildman–Crippen MR) is 59.9 cm³/mol. The maximum Gasteiger partial charge on any atom is 0.279 e. The summed E-state index contributed by atoms with van der Waals surface area (Å²) in [6, 6.07) is 2.19. The fraction of sp³-hybridized carbons (Fsp3) is 0.400. The van der Waals surface area contributed by atoms with Crippen LogP contribution in [-0.4, -0.2) is 21.1 Å². The average Bonchev–Trinajstić information content (AvgIpc) is 2.19. The van der Waals surface area contributed by atoms with Crippen LogP contribution >= 0.6 is 0 Å². The molecule has 0 radical (unpaired) electrons. The van der Waals surface area contributed by atoms with E-state index < -0.39 is 16.0 Å². The molecule has 0 aromatic heterocycles. The highest BCUT2D eigenvalue weighted by atomic mass is 16.6. The number of aliphatic hydroxyl groups is 1. The van der Waals surface area contributed by atoms with Crippen molar-refractivity contribution in [2.45, 2.75) is 26.4 Å². The molecule has 0 heterocycles. The molecular weight excluding hydrogens is 228 g/mol. The highest BCUT2D eigenvalue weighted by Crippen LogP contribution is 2.28. The minimum Gasteiger partial charge on any atom is -0.393 e. The van der Waals surface area contributed by atoms with Gasteiger partial charge in [0.05, 0.1) is 22.0 Å². The molecule has 92 valence electrons. The molecule has 1 N–H and O–H groups in total. The lowest BCUT2D eigenvalue weighted by Crippen LogP contribution is -2.08. The normalized spacial score (nSPS) is 12.2. The van der Waals surface area contributed by atoms with Gasteiger partial charge in [0.1, 0.15) is 0 Å². The third kappa shape index (κ3) is 2.97. The third-order valence-corrected chi connectivity index (χ3v) is 2.40. The van der Waals surface area contributed by atoms with Crippen molar-refractivity contribution in [3.8, 4) is 0 Å². The number of non-ortho nitro benzene ring substituents is 1. The van der Waals surface area contributed by atoms with Gasteiger partial charge in [-0.1, -0.05) is 0 Å². The van der Waals surface area contributed by atoms with Crippen LogP contribution in [0.25, 0.3) is 0 Å². The molecule has 0 saturated carbocycles. The Labute approximate surface area is 97.0 Å². The number of nitro groups is 2. The number of nitrogens with zero attached hydrogens (tertiary/aromatic N) is 2. The standard InChI is InChI=1S/C10H12N2O5/c1-6(13)3-8-4-9(11(14)15)5-10(7(8)2)12(16)17/h4-6,13H,3H2,1-2H3/t6-/m1/s1. The summed E-state index contributed by atoms with van der Waals surface area (Å²) in [6.45, 7) is 3.03. The fourth-order valence-electron chi connectivity index (χ4n) is 1.57. The zero-order valence-electron chi connectivity index (χ0n) is 9.41. The van der Waals surface area contributed by atoms with E-state index in [9.17, 15) is 25.3 Å². The zero-order chi connectivity index (χ0) is 13.2. The van der Waals surface area contributed by atoms with E-state index in [0.29, 0.717) is 11.1 Å². The molecular formula is C10H12N2O5. The van der Waals surface area contributed by atoms with E-state index in [4.69, 9.17) is 0 Å². The van der Waals surface area contributed by atoms with Crippen molar-refractivity contribution in [2.75, 3.05) is 0 Å². The van der Waals surface area contributed by atoms with Gasteiger partial charge in [-0.15, -0.1) is 0 Å². The zero-order valence-corrected chi connectivity index (χ0v) is 9.41. The molecule has 0 unspecified atom stereocenters. The molecule has 0 aliphatic carbocycles. The van der Waals surface area contributed by atoms with Gasteiger partial charge in [-0.25, -0.2) is 0 Å². The maximum absolute atomic E-state index is 10.8. The molecule has 7 heteroatoms. The van der Waals surface area contributed by atoms with Crippen molar-refractivity contribution in [1.29, 1.82) is 0 Å². The number of hydrogen-bond acceptors (Lipinski definition) is 5. The smallest absolute Gasteiger partial charge is 0.279 e. The summed E-state index contributed by atoms with van der Waals surface area (Å²) in [6.07, 6.45) is -0.566. The molecule has 0 aliphatic heterocycles. The van der Waals surface area contributed by atoms with Gasteiger partial charge < -0.3 is 5.11 Å². The van der Waals surface area contributed by atoms with Gasteiger partial charge in [0.2, 0.25) is 0 Å². The van der Waals surface area contributed by atoms with Crippen LogP contribution in [-0.2, 0) is 6.42 Å². The molecule has 1 aromatic carbocycles. The van der Waals surface area contributed by atoms with Crippen molar-refractivity contribution < 1.29 is 15.0 Å². The van der Waals surface area contributed by atoms with E-state index >= 15 is 0 Å². The molecule has 0 fully saturated rings. The molecule has 7 nitrogen and oxygen atoms in total. The fourth-order valence-corrected chi connectivity index (χ4v) is 1.57. The van der Waals surface area contributed by atoms with Gasteiger partial charge in [0.15, 0.2) is 0 Å². The third-order valence-electron chi connectivity index (χ3n) is 2.40. The SMILES string of the molecule is Cc1c(C[C@@H](C)O)cc([N+](=O)[O-])cc1[N+](=O)[O-]. The number of aliphatic hydroxyl groups excluding tert-OH is 1. The molecule has 0 aliphatic rings. The van der Waals surface area contributed by atoms with Crippen LogP contribution in [0.5, 0.6) is 0 Å². The Morgan fingerprint density at radius 1 is 1.29 bits per heavy atom. The van der Waals surface area contributed by atoms with Gasteiger partial charge in [0, 0.05) is 11.6 Å². The van der Waals surface area contributed by atoms with Crippen molar-refractivity contribution in [1.82, 2.24) is 0 Å². The van der Waals surface area contributed by atoms with E-state index in [1.807, 2.05) is 0 Å². The van der Waals surface area contributed by atoms with Crippen LogP contribution in [0.3, 0.4) is 0 Å². The molecule has 17 heavy (non-hydrogen) atoms. The molecule has 1 aromatic rings. The van der Waals surface area contributed by atoms with Crippen LogP contribution < -0.4 is 0 Å². The van der Waals surface area contributed by atoms with E-state index in [1.165, 1.54) is 19.9 Å². The molecule has 1 rings (SSSR count). The number of hydrogen-bond donors (Lipinski definition) is 1. The minimum absolute atomic E-state index is 0.147. The first kappa shape index (κ1) is 13.0. The Morgan fingerprint density at radius 3 is 2.29 bits per heavy atom. The summed E-state index contributed by atoms with van der Waals surface area (Å²) >= 11 is 0. The predicted octanol–water partition coefficient (Wildman–Crippen LogP) is 1.73. The van der Waals surface area contributed by atoms with Crippen LogP contribution in [0.4, 0.5) is 11.4 Å². The largest absolute Gasteiger partial charge is 0.393 e. The van der Waals surface area contributed by atoms with Crippen LogP contribution in [0, 0.1) is 27.2 Å². The second-order valence-corrected chi connectivity index (χ2v) is 3.82. The van der Waals surface area contributed by atoms with Crippen molar-refractivity contribution in [3.05, 3.63) is 43.5 Å². The Morgan fingerprint density at radius 2 is 1.88 bits per heavy atom. The second kappa shape index (κ2) is 4.88. The summed E-state index contributed by atoms with van der Waals surface area (Å²) in [5.41, 5.74) is 0.134. The molecule has 1 atom stereocenters. The number of benzene rings is 1. The first-order valence-electron chi connectivity index (χ1n) is 4.93. The van der Waals surface area contributed by atoms with Crippen LogP contribution in [0.15, 0.2) is 12.1 Å². The van der Waals surface area contributed by atoms with Gasteiger partial charge >= 0.3 is 0 Å². The van der Waals surface area contributed by atoms with E-state index in [-0.39, 0.29) is 17.8 Å². The average molecular weight is 240 g/mol. The highest BCUT2D eigenvalue weighted by Gasteiger charge is 2.21. The first-order valence-corrected chi connectivity index (χ1v) is 4.93. The van der Waals surface area contributed by atoms with Crippen molar-refractivity contribution in [2.24, 2.45) is 0 Å². The van der Waals surface area contributed by atoms with Gasteiger partial charge in [0.25, 0.3) is 11.4 Å². The van der Waals surface area contributed by atoms with Crippen LogP contribution in [0.2, 0.25) is 0 Å². The van der Waals surface area contributed by atoms with Gasteiger partial charge in [-0.2, -0.15) is 0 Å². The summed E-state index contributed by atoms with van der Waals surface area (Å²) < 4.78 is 0. The maximum atomic E-state index is 10.8. The van der Waals surface area contributed by atoms with Gasteiger partial charge in [-0.05, 0) is 25.8 Å². The highest BCUT2D eigenvalue weighted by molar-refractivity contribution is 5.53. The molecule has 0 saturated heterocycles. The Hall–Kier alpha value is -2.02. The van der Waals surface area contributed by atoms with Crippen molar-refractivity contribution in [3.63, 3.8) is 0 Å². The lowest BCUT2D eigenvalue weighted by atomic mass is 10.0. The minimum atomic E-state index is -0.713. The quantitative estimate of drug-likeness (QED) is 0.637. The monoisotopic (exact) mass is 240 g/mol. The van der Waals surface area contributed by atoms with E-state index in [2.05, 4.69) is 0 Å². The van der Waals surface area contributed by atoms with E-state index in [1.54, 1.807) is 0 Å². The summed E-state index contributed by atoms with van der Waals surface area (Å²) in [4.78, 5) is 20.1.